The molecule has 1 rings (SSSR count). The van der Waals surface area contributed by atoms with Crippen LogP contribution in [-0.4, -0.2) is 26.2 Å². The number of carbonyl (C=O) groups is 1. The van der Waals surface area contributed by atoms with Gasteiger partial charge >= 0.3 is 12.6 Å². The Morgan fingerprint density at radius 3 is 2.61 bits per heavy atom. The summed E-state index contributed by atoms with van der Waals surface area (Å²) in [4.78, 5) is 11.6. The maximum Gasteiger partial charge on any atom is 0.387 e. The molecule has 18 heavy (non-hydrogen) atoms. The van der Waals surface area contributed by atoms with Crippen LogP contribution in [0.4, 0.5) is 8.78 Å². The van der Waals surface area contributed by atoms with Crippen molar-refractivity contribution in [2.45, 2.75) is 19.6 Å². The molecule has 0 spiro atoms. The van der Waals surface area contributed by atoms with Crippen molar-refractivity contribution in [3.63, 3.8) is 0 Å². The summed E-state index contributed by atoms with van der Waals surface area (Å²) in [5.41, 5.74) is 0.325. The maximum atomic E-state index is 12.3. The molecule has 0 aromatic heterocycles. The second-order valence-electron chi connectivity index (χ2n) is 3.43. The molecule has 0 aliphatic heterocycles. The van der Waals surface area contributed by atoms with Crippen molar-refractivity contribution in [1.29, 1.82) is 0 Å². The van der Waals surface area contributed by atoms with Gasteiger partial charge in [-0.15, -0.1) is 0 Å². The molecule has 1 unspecified atom stereocenters. The monoisotopic (exact) mass is 259 g/mol. The summed E-state index contributed by atoms with van der Waals surface area (Å²) in [5, 5.41) is 2.86. The average Bonchev–Trinajstić information content (AvgIpc) is 2.35. The van der Waals surface area contributed by atoms with Crippen molar-refractivity contribution in [1.82, 2.24) is 5.32 Å². The first-order chi connectivity index (χ1) is 8.60. The van der Waals surface area contributed by atoms with E-state index in [1.807, 2.05) is 0 Å². The Bertz CT molecular complexity index is 399. The summed E-state index contributed by atoms with van der Waals surface area (Å²) in [6.07, 6.45) is 0. The molecular formula is C12H15F2NO3. The lowest BCUT2D eigenvalue weighted by molar-refractivity contribution is -0.143. The summed E-state index contributed by atoms with van der Waals surface area (Å²) < 4.78 is 33.6. The van der Waals surface area contributed by atoms with Gasteiger partial charge in [0, 0.05) is 5.56 Å². The van der Waals surface area contributed by atoms with Gasteiger partial charge in [0.1, 0.15) is 11.8 Å². The minimum absolute atomic E-state index is 0.0381. The highest BCUT2D eigenvalue weighted by Gasteiger charge is 2.24. The second kappa shape index (κ2) is 6.90. The number of benzene rings is 1. The zero-order valence-electron chi connectivity index (χ0n) is 10.2. The summed E-state index contributed by atoms with van der Waals surface area (Å²) >= 11 is 0. The number of hydrogen-bond donors (Lipinski definition) is 1. The molecule has 100 valence electrons. The summed E-state index contributed by atoms with van der Waals surface area (Å²) in [6, 6.07) is 5.30. The molecule has 1 aromatic carbocycles. The quantitative estimate of drug-likeness (QED) is 0.795. The zero-order chi connectivity index (χ0) is 13.5. The van der Waals surface area contributed by atoms with Gasteiger partial charge in [-0.05, 0) is 12.6 Å². The molecule has 0 radical (unpaired) electrons. The van der Waals surface area contributed by atoms with E-state index in [1.54, 1.807) is 25.1 Å². The van der Waals surface area contributed by atoms with Crippen molar-refractivity contribution in [3.8, 4) is 5.75 Å². The molecular weight excluding hydrogens is 244 g/mol. The van der Waals surface area contributed by atoms with E-state index in [0.717, 1.165) is 0 Å². The molecule has 0 aliphatic carbocycles. The van der Waals surface area contributed by atoms with Crippen LogP contribution in [-0.2, 0) is 9.53 Å². The number of hydrogen-bond acceptors (Lipinski definition) is 4. The molecule has 0 bridgehead atoms. The van der Waals surface area contributed by atoms with Crippen LogP contribution in [0.25, 0.3) is 0 Å². The number of methoxy groups -OCH3 is 1. The lowest BCUT2D eigenvalue weighted by Gasteiger charge is -2.18. The number of ether oxygens (including phenoxy) is 2. The van der Waals surface area contributed by atoms with E-state index in [0.29, 0.717) is 12.1 Å². The van der Waals surface area contributed by atoms with Crippen molar-refractivity contribution in [2.24, 2.45) is 0 Å². The van der Waals surface area contributed by atoms with Crippen LogP contribution in [0.2, 0.25) is 0 Å². The van der Waals surface area contributed by atoms with Gasteiger partial charge in [-0.1, -0.05) is 25.1 Å². The van der Waals surface area contributed by atoms with E-state index in [4.69, 9.17) is 0 Å². The predicted molar refractivity (Wildman–Crippen MR) is 61.5 cm³/mol. The van der Waals surface area contributed by atoms with E-state index in [2.05, 4.69) is 14.8 Å². The SMILES string of the molecule is CCNC(C(=O)OC)c1ccccc1OC(F)F. The van der Waals surface area contributed by atoms with E-state index >= 15 is 0 Å². The molecule has 0 fully saturated rings. The number of nitrogens with one attached hydrogen (secondary N) is 1. The smallest absolute Gasteiger partial charge is 0.387 e. The van der Waals surface area contributed by atoms with Crippen LogP contribution in [0.1, 0.15) is 18.5 Å². The van der Waals surface area contributed by atoms with Gasteiger partial charge in [-0.2, -0.15) is 8.78 Å². The minimum atomic E-state index is -2.94. The van der Waals surface area contributed by atoms with E-state index in [1.165, 1.54) is 13.2 Å². The van der Waals surface area contributed by atoms with E-state index < -0.39 is 18.6 Å². The summed E-state index contributed by atoms with van der Waals surface area (Å²) in [7, 11) is 1.24. The topological polar surface area (TPSA) is 47.6 Å². The lowest BCUT2D eigenvalue weighted by Crippen LogP contribution is -2.30. The van der Waals surface area contributed by atoms with E-state index in [-0.39, 0.29) is 5.75 Å². The third kappa shape index (κ3) is 3.66. The first kappa shape index (κ1) is 14.4. The van der Waals surface area contributed by atoms with Crippen LogP contribution < -0.4 is 10.1 Å². The molecule has 1 aromatic rings. The van der Waals surface area contributed by atoms with Gasteiger partial charge in [0.05, 0.1) is 7.11 Å². The summed E-state index contributed by atoms with van der Waals surface area (Å²) in [6.45, 7) is -0.652. The Kier molecular flexibility index (Phi) is 5.51. The first-order valence-corrected chi connectivity index (χ1v) is 5.45. The summed E-state index contributed by atoms with van der Waals surface area (Å²) in [5.74, 6) is -0.592. The van der Waals surface area contributed by atoms with Crippen molar-refractivity contribution in [2.75, 3.05) is 13.7 Å². The predicted octanol–water partition coefficient (Wildman–Crippen LogP) is 2.11. The number of halogens is 2. The normalized spacial score (nSPS) is 12.3. The maximum absolute atomic E-state index is 12.3. The molecule has 0 saturated heterocycles. The number of carbonyl (C=O) groups excluding carboxylic acids is 1. The Balaban J connectivity index is 3.06. The Labute approximate surface area is 104 Å². The van der Waals surface area contributed by atoms with Gasteiger partial charge in [-0.3, -0.25) is 0 Å². The van der Waals surface area contributed by atoms with Gasteiger partial charge in [0.2, 0.25) is 0 Å². The molecule has 0 aliphatic rings. The fraction of sp³-hybridized carbons (Fsp3) is 0.417. The van der Waals surface area contributed by atoms with Crippen LogP contribution in [0.3, 0.4) is 0 Å². The van der Waals surface area contributed by atoms with Crippen molar-refractivity contribution >= 4 is 5.97 Å². The van der Waals surface area contributed by atoms with Crippen LogP contribution in [0.15, 0.2) is 24.3 Å². The van der Waals surface area contributed by atoms with Gasteiger partial charge in [0.25, 0.3) is 0 Å². The van der Waals surface area contributed by atoms with Gasteiger partial charge < -0.3 is 14.8 Å². The van der Waals surface area contributed by atoms with Crippen molar-refractivity contribution in [3.05, 3.63) is 29.8 Å². The largest absolute Gasteiger partial charge is 0.468 e. The third-order valence-corrected chi connectivity index (χ3v) is 2.29. The molecule has 1 N–H and O–H groups in total. The Morgan fingerprint density at radius 2 is 2.06 bits per heavy atom. The Hall–Kier alpha value is -1.69. The lowest BCUT2D eigenvalue weighted by atomic mass is 10.1. The first-order valence-electron chi connectivity index (χ1n) is 5.45. The number of likely N-dealkylation sites (N-methyl/N-ethyl adjacent to an activating group) is 1. The zero-order valence-corrected chi connectivity index (χ0v) is 10.2. The highest BCUT2D eigenvalue weighted by atomic mass is 19.3. The third-order valence-electron chi connectivity index (χ3n) is 2.29. The molecule has 0 amide bonds. The number of esters is 1. The molecule has 0 saturated carbocycles. The molecule has 0 heterocycles. The highest BCUT2D eigenvalue weighted by molar-refractivity contribution is 5.78. The van der Waals surface area contributed by atoms with Crippen LogP contribution in [0.5, 0.6) is 5.75 Å². The second-order valence-corrected chi connectivity index (χ2v) is 3.43. The fourth-order valence-electron chi connectivity index (χ4n) is 1.56. The van der Waals surface area contributed by atoms with Crippen molar-refractivity contribution < 1.29 is 23.0 Å². The number of alkyl halides is 2. The van der Waals surface area contributed by atoms with Gasteiger partial charge in [0.15, 0.2) is 0 Å². The molecule has 6 heteroatoms. The number of para-hydroxylation sites is 1. The standard InChI is InChI=1S/C12H15F2NO3/c1-3-15-10(11(16)17-2)8-6-4-5-7-9(8)18-12(13)14/h4-7,10,12,15H,3H2,1-2H3. The fourth-order valence-corrected chi connectivity index (χ4v) is 1.56. The average molecular weight is 259 g/mol. The molecule has 1 atom stereocenters. The van der Waals surface area contributed by atoms with Crippen LogP contribution >= 0.6 is 0 Å². The number of rotatable bonds is 6. The van der Waals surface area contributed by atoms with Gasteiger partial charge in [-0.25, -0.2) is 4.79 Å². The van der Waals surface area contributed by atoms with E-state index in [9.17, 15) is 13.6 Å². The highest BCUT2D eigenvalue weighted by Crippen LogP contribution is 2.27. The minimum Gasteiger partial charge on any atom is -0.468 e. The van der Waals surface area contributed by atoms with Crippen LogP contribution in [0, 0.1) is 0 Å². The molecule has 4 nitrogen and oxygen atoms in total. The Morgan fingerprint density at radius 1 is 1.39 bits per heavy atom.